The van der Waals surface area contributed by atoms with Crippen LogP contribution in [0, 0.1) is 5.92 Å². The molecular weight excluding hydrogens is 308 g/mol. The zero-order valence-electron chi connectivity index (χ0n) is 15.2. The Morgan fingerprint density at radius 3 is 2.76 bits per heavy atom. The molecule has 0 spiro atoms. The maximum atomic E-state index is 12.3. The molecule has 2 heterocycles. The van der Waals surface area contributed by atoms with E-state index < -0.39 is 0 Å². The van der Waals surface area contributed by atoms with Crippen molar-refractivity contribution < 1.29 is 0 Å². The number of rotatable bonds is 3. The number of fused-ring (bicyclic) bond motifs is 1. The Morgan fingerprint density at radius 2 is 1.96 bits per heavy atom. The number of hydrogen-bond donors (Lipinski definition) is 0. The SMILES string of the molecule is CN1CCC(Cc2cccc(-c3cn(C)c(=O)c4c3C=CC4)c2)CC1. The van der Waals surface area contributed by atoms with Crippen LogP contribution in [-0.2, 0) is 19.9 Å². The number of hydrogen-bond acceptors (Lipinski definition) is 2. The predicted octanol–water partition coefficient (Wildman–Crippen LogP) is 3.51. The van der Waals surface area contributed by atoms with Gasteiger partial charge < -0.3 is 9.47 Å². The van der Waals surface area contributed by atoms with Gasteiger partial charge in [0.15, 0.2) is 0 Å². The van der Waals surface area contributed by atoms with E-state index in [-0.39, 0.29) is 5.56 Å². The summed E-state index contributed by atoms with van der Waals surface area (Å²) in [5, 5.41) is 0. The predicted molar refractivity (Wildman–Crippen MR) is 104 cm³/mol. The van der Waals surface area contributed by atoms with Gasteiger partial charge in [-0.15, -0.1) is 0 Å². The molecule has 1 aliphatic carbocycles. The smallest absolute Gasteiger partial charge is 0.254 e. The molecule has 0 saturated carbocycles. The van der Waals surface area contributed by atoms with Crippen LogP contribution in [-0.4, -0.2) is 29.6 Å². The molecule has 130 valence electrons. The zero-order valence-corrected chi connectivity index (χ0v) is 15.2. The Morgan fingerprint density at radius 1 is 1.16 bits per heavy atom. The third-order valence-electron chi connectivity index (χ3n) is 5.72. The minimum absolute atomic E-state index is 0.131. The first kappa shape index (κ1) is 16.3. The van der Waals surface area contributed by atoms with E-state index in [1.807, 2.05) is 13.2 Å². The first-order chi connectivity index (χ1) is 12.1. The van der Waals surface area contributed by atoms with Crippen molar-refractivity contribution in [2.24, 2.45) is 13.0 Å². The van der Waals surface area contributed by atoms with Crippen LogP contribution >= 0.6 is 0 Å². The summed E-state index contributed by atoms with van der Waals surface area (Å²) >= 11 is 0. The van der Waals surface area contributed by atoms with Gasteiger partial charge in [-0.2, -0.15) is 0 Å². The van der Waals surface area contributed by atoms with Crippen molar-refractivity contribution in [3.05, 3.63) is 63.6 Å². The third kappa shape index (κ3) is 3.21. The number of nitrogens with zero attached hydrogens (tertiary/aromatic N) is 2. The summed E-state index contributed by atoms with van der Waals surface area (Å²) in [6.07, 6.45) is 10.7. The summed E-state index contributed by atoms with van der Waals surface area (Å²) in [6.45, 7) is 2.42. The fraction of sp³-hybridized carbons (Fsp3) is 0.409. The molecule has 0 bridgehead atoms. The highest BCUT2D eigenvalue weighted by atomic mass is 16.1. The third-order valence-corrected chi connectivity index (χ3v) is 5.72. The molecule has 1 fully saturated rings. The lowest BCUT2D eigenvalue weighted by Crippen LogP contribution is -2.30. The number of aromatic nitrogens is 1. The van der Waals surface area contributed by atoms with E-state index in [9.17, 15) is 4.79 Å². The highest BCUT2D eigenvalue weighted by Crippen LogP contribution is 2.30. The molecule has 1 aromatic heterocycles. The van der Waals surface area contributed by atoms with Crippen LogP contribution in [0.4, 0.5) is 0 Å². The molecule has 0 amide bonds. The summed E-state index contributed by atoms with van der Waals surface area (Å²) in [5.41, 5.74) is 5.99. The number of allylic oxidation sites excluding steroid dienone is 1. The van der Waals surface area contributed by atoms with Gasteiger partial charge in [-0.25, -0.2) is 0 Å². The van der Waals surface area contributed by atoms with Gasteiger partial charge in [-0.05, 0) is 68.4 Å². The lowest BCUT2D eigenvalue weighted by Gasteiger charge is -2.29. The minimum Gasteiger partial charge on any atom is -0.318 e. The molecule has 3 nitrogen and oxygen atoms in total. The molecule has 1 saturated heterocycles. The van der Waals surface area contributed by atoms with E-state index in [2.05, 4.69) is 48.4 Å². The Balaban J connectivity index is 1.64. The molecular formula is C22H26N2O. The first-order valence-electron chi connectivity index (χ1n) is 9.28. The van der Waals surface area contributed by atoms with E-state index >= 15 is 0 Å². The van der Waals surface area contributed by atoms with Gasteiger partial charge in [0, 0.05) is 24.4 Å². The van der Waals surface area contributed by atoms with Gasteiger partial charge in [0.05, 0.1) is 0 Å². The molecule has 25 heavy (non-hydrogen) atoms. The molecule has 0 unspecified atom stereocenters. The number of benzene rings is 1. The highest BCUT2D eigenvalue weighted by Gasteiger charge is 2.19. The molecule has 0 atom stereocenters. The van der Waals surface area contributed by atoms with Crippen molar-refractivity contribution in [1.82, 2.24) is 9.47 Å². The van der Waals surface area contributed by atoms with Crippen LogP contribution in [0.3, 0.4) is 0 Å². The van der Waals surface area contributed by atoms with Crippen molar-refractivity contribution in [3.8, 4) is 11.1 Å². The van der Waals surface area contributed by atoms with Gasteiger partial charge >= 0.3 is 0 Å². The quantitative estimate of drug-likeness (QED) is 0.858. The van der Waals surface area contributed by atoms with Gasteiger partial charge in [0.1, 0.15) is 0 Å². The fourth-order valence-corrected chi connectivity index (χ4v) is 4.19. The molecule has 0 radical (unpaired) electrons. The first-order valence-corrected chi connectivity index (χ1v) is 9.28. The summed E-state index contributed by atoms with van der Waals surface area (Å²) in [4.78, 5) is 14.7. The van der Waals surface area contributed by atoms with Crippen molar-refractivity contribution in [3.63, 3.8) is 0 Å². The number of piperidine rings is 1. The Bertz CT molecular complexity index is 870. The van der Waals surface area contributed by atoms with Crippen molar-refractivity contribution in [2.75, 3.05) is 20.1 Å². The normalized spacial score (nSPS) is 17.8. The van der Waals surface area contributed by atoms with Crippen molar-refractivity contribution >= 4 is 6.08 Å². The molecule has 2 aromatic rings. The largest absolute Gasteiger partial charge is 0.318 e. The van der Waals surface area contributed by atoms with Crippen LogP contribution in [0.25, 0.3) is 17.2 Å². The average molecular weight is 334 g/mol. The Hall–Kier alpha value is -2.13. The highest BCUT2D eigenvalue weighted by molar-refractivity contribution is 5.78. The Kier molecular flexibility index (Phi) is 4.34. The van der Waals surface area contributed by atoms with Crippen LogP contribution in [0.1, 0.15) is 29.5 Å². The van der Waals surface area contributed by atoms with E-state index in [4.69, 9.17) is 0 Å². The van der Waals surface area contributed by atoms with Gasteiger partial charge in [-0.3, -0.25) is 4.79 Å². The van der Waals surface area contributed by atoms with Gasteiger partial charge in [-0.1, -0.05) is 36.4 Å². The van der Waals surface area contributed by atoms with Crippen LogP contribution in [0.5, 0.6) is 0 Å². The van der Waals surface area contributed by atoms with Gasteiger partial charge in [0.25, 0.3) is 5.56 Å². The van der Waals surface area contributed by atoms with E-state index in [0.29, 0.717) is 0 Å². The number of pyridine rings is 1. The molecule has 4 rings (SSSR count). The molecule has 0 N–H and O–H groups in total. The zero-order chi connectivity index (χ0) is 17.4. The number of likely N-dealkylation sites (tertiary alicyclic amines) is 1. The van der Waals surface area contributed by atoms with E-state index in [1.165, 1.54) is 42.6 Å². The van der Waals surface area contributed by atoms with E-state index in [1.54, 1.807) is 4.57 Å². The molecule has 1 aliphatic heterocycles. The van der Waals surface area contributed by atoms with Crippen LogP contribution in [0.2, 0.25) is 0 Å². The summed E-state index contributed by atoms with van der Waals surface area (Å²) < 4.78 is 1.73. The maximum Gasteiger partial charge on any atom is 0.254 e. The summed E-state index contributed by atoms with van der Waals surface area (Å²) in [6, 6.07) is 8.91. The lowest BCUT2D eigenvalue weighted by atomic mass is 9.89. The maximum absolute atomic E-state index is 12.3. The average Bonchev–Trinajstić information content (AvgIpc) is 3.10. The summed E-state index contributed by atoms with van der Waals surface area (Å²) in [5.74, 6) is 0.789. The topological polar surface area (TPSA) is 25.2 Å². The standard InChI is InChI=1S/C22H26N2O/c1-23-11-9-16(10-12-23)13-17-5-3-6-18(14-17)21-15-24(2)22(25)20-8-4-7-19(20)21/h3-7,14-16H,8-13H2,1-2H3. The lowest BCUT2D eigenvalue weighted by molar-refractivity contribution is 0.219. The van der Waals surface area contributed by atoms with Crippen LogP contribution in [0.15, 0.2) is 41.3 Å². The monoisotopic (exact) mass is 334 g/mol. The Labute approximate surface area is 149 Å². The molecule has 1 aromatic carbocycles. The van der Waals surface area contributed by atoms with Crippen molar-refractivity contribution in [1.29, 1.82) is 0 Å². The molecule has 2 aliphatic rings. The summed E-state index contributed by atoms with van der Waals surface area (Å²) in [7, 11) is 4.07. The van der Waals surface area contributed by atoms with Gasteiger partial charge in [0.2, 0.25) is 0 Å². The second-order valence-electron chi connectivity index (χ2n) is 7.61. The second-order valence-corrected chi connectivity index (χ2v) is 7.61. The molecule has 3 heteroatoms. The van der Waals surface area contributed by atoms with E-state index in [0.717, 1.165) is 29.9 Å². The fourth-order valence-electron chi connectivity index (χ4n) is 4.19. The minimum atomic E-state index is 0.131. The van der Waals surface area contributed by atoms with Crippen molar-refractivity contribution in [2.45, 2.75) is 25.7 Å². The number of aryl methyl sites for hydroxylation is 1. The second kappa shape index (κ2) is 6.64. The van der Waals surface area contributed by atoms with Crippen LogP contribution < -0.4 is 5.56 Å².